The van der Waals surface area contributed by atoms with Crippen molar-refractivity contribution in [1.29, 1.82) is 0 Å². The van der Waals surface area contributed by atoms with Crippen molar-refractivity contribution in [3.05, 3.63) is 23.3 Å². The first-order valence-electron chi connectivity index (χ1n) is 6.80. The third-order valence-electron chi connectivity index (χ3n) is 4.83. The molecule has 2 N–H and O–H groups in total. The van der Waals surface area contributed by atoms with Crippen molar-refractivity contribution in [2.75, 3.05) is 19.6 Å². The largest absolute Gasteiger partial charge is 0.351 e. The summed E-state index contributed by atoms with van der Waals surface area (Å²) in [7, 11) is 0. The maximum atomic E-state index is 11.7. The Morgan fingerprint density at radius 3 is 2.80 bits per heavy atom. The van der Waals surface area contributed by atoms with Crippen LogP contribution in [0.25, 0.3) is 0 Å². The van der Waals surface area contributed by atoms with E-state index >= 15 is 0 Å². The van der Waals surface area contributed by atoms with Gasteiger partial charge >= 0.3 is 6.03 Å². The molecule has 0 bridgehead atoms. The number of nitrogens with two attached hydrogens (primary N) is 1. The lowest BCUT2D eigenvalue weighted by molar-refractivity contribution is -0.128. The third-order valence-corrected chi connectivity index (χ3v) is 5.08. The van der Waals surface area contributed by atoms with Crippen molar-refractivity contribution in [2.24, 2.45) is 17.1 Å². The number of fused-ring (bicyclic) bond motifs is 2. The Balaban J connectivity index is 1.94. The Hall–Kier alpha value is -1.49. The third kappa shape index (κ3) is 1.92. The molecule has 0 aromatic carbocycles. The van der Waals surface area contributed by atoms with Crippen LogP contribution in [0.5, 0.6) is 0 Å². The Bertz CT molecular complexity index is 531. The van der Waals surface area contributed by atoms with E-state index in [-0.39, 0.29) is 23.3 Å². The van der Waals surface area contributed by atoms with Crippen molar-refractivity contribution in [1.82, 2.24) is 9.80 Å². The second-order valence-electron chi connectivity index (χ2n) is 5.95. The zero-order valence-electron chi connectivity index (χ0n) is 11.4. The second-order valence-corrected chi connectivity index (χ2v) is 6.38. The molecule has 0 saturated carbocycles. The van der Waals surface area contributed by atoms with Crippen molar-refractivity contribution < 1.29 is 9.59 Å². The van der Waals surface area contributed by atoms with Gasteiger partial charge in [0, 0.05) is 42.9 Å². The van der Waals surface area contributed by atoms with Gasteiger partial charge in [-0.3, -0.25) is 4.79 Å². The van der Waals surface area contributed by atoms with Gasteiger partial charge in [-0.1, -0.05) is 23.8 Å². The summed E-state index contributed by atoms with van der Waals surface area (Å²) in [5, 5.41) is 0.693. The van der Waals surface area contributed by atoms with Gasteiger partial charge in [-0.25, -0.2) is 4.79 Å². The zero-order chi connectivity index (χ0) is 14.5. The molecule has 6 heteroatoms. The number of hydrogen-bond donors (Lipinski definition) is 1. The Kier molecular flexibility index (Phi) is 3.05. The number of primary amides is 1. The van der Waals surface area contributed by atoms with Crippen molar-refractivity contribution in [2.45, 2.75) is 19.4 Å². The minimum absolute atomic E-state index is 0.0399. The van der Waals surface area contributed by atoms with Crippen LogP contribution < -0.4 is 5.73 Å². The number of carbonyl (C=O) groups is 2. The average molecular weight is 296 g/mol. The summed E-state index contributed by atoms with van der Waals surface area (Å²) in [5.41, 5.74) is 5.39. The van der Waals surface area contributed by atoms with Crippen LogP contribution in [0.2, 0.25) is 0 Å². The van der Waals surface area contributed by atoms with E-state index in [0.29, 0.717) is 18.1 Å². The van der Waals surface area contributed by atoms with Crippen LogP contribution >= 0.6 is 11.6 Å². The number of rotatable bonds is 0. The van der Waals surface area contributed by atoms with Crippen LogP contribution in [0.4, 0.5) is 4.79 Å². The highest BCUT2D eigenvalue weighted by atomic mass is 35.5. The van der Waals surface area contributed by atoms with E-state index in [9.17, 15) is 9.59 Å². The van der Waals surface area contributed by atoms with E-state index in [1.807, 2.05) is 23.1 Å². The van der Waals surface area contributed by atoms with Crippen LogP contribution in [0, 0.1) is 11.3 Å². The van der Waals surface area contributed by atoms with Crippen LogP contribution in [0.3, 0.4) is 0 Å². The number of carbonyl (C=O) groups excluding carboxylic acids is 2. The van der Waals surface area contributed by atoms with E-state index < -0.39 is 6.03 Å². The molecule has 20 heavy (non-hydrogen) atoms. The molecular formula is C14H18ClN3O2. The van der Waals surface area contributed by atoms with Crippen LogP contribution in [0.1, 0.15) is 13.3 Å². The number of amides is 3. The van der Waals surface area contributed by atoms with Gasteiger partial charge in [-0.2, -0.15) is 0 Å². The highest BCUT2D eigenvalue weighted by Crippen LogP contribution is 2.49. The maximum absolute atomic E-state index is 11.7. The zero-order valence-corrected chi connectivity index (χ0v) is 12.1. The molecule has 2 saturated heterocycles. The molecule has 2 aliphatic heterocycles. The highest BCUT2D eigenvalue weighted by molar-refractivity contribution is 6.31. The number of allylic oxidation sites excluding steroid dienone is 2. The SMILES string of the molecule is CC(=O)N1CC[C@@]2(C1)CN(C(N)=O)[C@H]1C=CC(Cl)=CC12. The monoisotopic (exact) mass is 295 g/mol. The quantitative estimate of drug-likeness (QED) is 0.732. The van der Waals surface area contributed by atoms with Gasteiger partial charge in [0.25, 0.3) is 0 Å². The minimum atomic E-state index is -0.408. The molecule has 3 aliphatic rings. The van der Waals surface area contributed by atoms with Crippen LogP contribution in [-0.2, 0) is 4.79 Å². The van der Waals surface area contributed by atoms with Gasteiger partial charge in [-0.15, -0.1) is 0 Å². The molecule has 5 nitrogen and oxygen atoms in total. The predicted octanol–water partition coefficient (Wildman–Crippen LogP) is 1.30. The Morgan fingerprint density at radius 1 is 1.45 bits per heavy atom. The lowest BCUT2D eigenvalue weighted by atomic mass is 9.73. The molecule has 1 aliphatic carbocycles. The Labute approximate surface area is 123 Å². The highest BCUT2D eigenvalue weighted by Gasteiger charge is 2.55. The summed E-state index contributed by atoms with van der Waals surface area (Å²) in [6.07, 6.45) is 6.66. The Morgan fingerprint density at radius 2 is 2.20 bits per heavy atom. The molecule has 3 rings (SSSR count). The lowest BCUT2D eigenvalue weighted by Crippen LogP contribution is -2.40. The van der Waals surface area contributed by atoms with E-state index in [2.05, 4.69) is 0 Å². The van der Waals surface area contributed by atoms with E-state index in [0.717, 1.165) is 13.0 Å². The molecule has 0 aromatic rings. The predicted molar refractivity (Wildman–Crippen MR) is 75.9 cm³/mol. The normalized spacial score (nSPS) is 35.4. The van der Waals surface area contributed by atoms with Crippen LogP contribution in [0.15, 0.2) is 23.3 Å². The maximum Gasteiger partial charge on any atom is 0.315 e. The van der Waals surface area contributed by atoms with Crippen LogP contribution in [-0.4, -0.2) is 47.4 Å². The number of nitrogens with zero attached hydrogens (tertiary/aromatic N) is 2. The molecule has 3 amide bonds. The fourth-order valence-corrected chi connectivity index (χ4v) is 4.02. The fraction of sp³-hybridized carbons (Fsp3) is 0.571. The summed E-state index contributed by atoms with van der Waals surface area (Å²) in [4.78, 5) is 26.8. The average Bonchev–Trinajstić information content (AvgIpc) is 2.94. The van der Waals surface area contributed by atoms with E-state index in [1.165, 1.54) is 0 Å². The van der Waals surface area contributed by atoms with Gasteiger partial charge in [0.15, 0.2) is 0 Å². The van der Waals surface area contributed by atoms with Crippen molar-refractivity contribution in [3.8, 4) is 0 Å². The second kappa shape index (κ2) is 4.52. The molecule has 1 unspecified atom stereocenters. The van der Waals surface area contributed by atoms with Gasteiger partial charge in [0.05, 0.1) is 6.04 Å². The minimum Gasteiger partial charge on any atom is -0.351 e. The fourth-order valence-electron chi connectivity index (χ4n) is 3.81. The summed E-state index contributed by atoms with van der Waals surface area (Å²) >= 11 is 6.13. The van der Waals surface area contributed by atoms with Gasteiger partial charge in [-0.05, 0) is 12.5 Å². The lowest BCUT2D eigenvalue weighted by Gasteiger charge is -2.30. The van der Waals surface area contributed by atoms with Crippen molar-refractivity contribution in [3.63, 3.8) is 0 Å². The summed E-state index contributed by atoms with van der Waals surface area (Å²) in [6.45, 7) is 3.58. The molecule has 0 radical (unpaired) electrons. The molecule has 2 heterocycles. The van der Waals surface area contributed by atoms with E-state index in [4.69, 9.17) is 17.3 Å². The molecule has 2 fully saturated rings. The first kappa shape index (κ1) is 13.5. The standard InChI is InChI=1S/C14H18ClN3O2/c1-9(19)17-5-4-14(7-17)8-18(13(16)20)12-3-2-10(15)6-11(12)14/h2-3,6,11-12H,4-5,7-8H2,1H3,(H2,16,20)/t11?,12-,14+/m0/s1. The molecule has 3 atom stereocenters. The van der Waals surface area contributed by atoms with Gasteiger partial charge in [0.2, 0.25) is 5.91 Å². The topological polar surface area (TPSA) is 66.6 Å². The smallest absolute Gasteiger partial charge is 0.315 e. The van der Waals surface area contributed by atoms with E-state index in [1.54, 1.807) is 11.8 Å². The molecular weight excluding hydrogens is 278 g/mol. The summed E-state index contributed by atoms with van der Waals surface area (Å²) in [5.74, 6) is 0.217. The first-order valence-corrected chi connectivity index (χ1v) is 7.18. The first-order chi connectivity index (χ1) is 9.43. The molecule has 108 valence electrons. The number of halogens is 1. The molecule has 0 aromatic heterocycles. The summed E-state index contributed by atoms with van der Waals surface area (Å²) < 4.78 is 0. The number of likely N-dealkylation sites (tertiary alicyclic amines) is 2. The number of urea groups is 1. The summed E-state index contributed by atoms with van der Waals surface area (Å²) in [6, 6.07) is -0.448. The van der Waals surface area contributed by atoms with Crippen molar-refractivity contribution >= 4 is 23.5 Å². The number of hydrogen-bond acceptors (Lipinski definition) is 2. The van der Waals surface area contributed by atoms with Gasteiger partial charge < -0.3 is 15.5 Å². The molecule has 1 spiro atoms. The van der Waals surface area contributed by atoms with Gasteiger partial charge in [0.1, 0.15) is 0 Å².